The third-order valence-corrected chi connectivity index (χ3v) is 2.81. The largest absolute Gasteiger partial charge is 0.393 e. The molecular weight excluding hydrogens is 250 g/mol. The molecule has 0 bridgehead atoms. The standard InChI is InChI=1S/C10H12F2N2O4/c1-9(5-15)4-10(11,12)7(18-9)14-3-2-6(16)13-8(14)17/h2-3,7,15H,4-5H2,1H3,(H,13,16,17)/t7-,9+/m1/s1. The molecule has 1 fully saturated rings. The Balaban J connectivity index is 2.45. The summed E-state index contributed by atoms with van der Waals surface area (Å²) >= 11 is 0. The van der Waals surface area contributed by atoms with Crippen molar-refractivity contribution in [3.8, 4) is 0 Å². The van der Waals surface area contributed by atoms with Crippen LogP contribution in [0.2, 0.25) is 0 Å². The highest BCUT2D eigenvalue weighted by Gasteiger charge is 2.56. The second-order valence-corrected chi connectivity index (χ2v) is 4.53. The van der Waals surface area contributed by atoms with Crippen LogP contribution in [-0.2, 0) is 4.74 Å². The van der Waals surface area contributed by atoms with Gasteiger partial charge in [0.15, 0.2) is 0 Å². The molecule has 0 radical (unpaired) electrons. The molecule has 8 heteroatoms. The fraction of sp³-hybridized carbons (Fsp3) is 0.600. The Bertz CT molecular complexity index is 567. The molecule has 0 saturated carbocycles. The quantitative estimate of drug-likeness (QED) is 0.775. The minimum absolute atomic E-state index is 0.586. The summed E-state index contributed by atoms with van der Waals surface area (Å²) in [6.07, 6.45) is -1.59. The third kappa shape index (κ3) is 2.08. The minimum atomic E-state index is -3.31. The number of hydrogen-bond donors (Lipinski definition) is 2. The molecule has 1 saturated heterocycles. The molecule has 2 N–H and O–H groups in total. The van der Waals surface area contributed by atoms with E-state index < -0.39 is 42.0 Å². The first-order valence-corrected chi connectivity index (χ1v) is 5.25. The van der Waals surface area contributed by atoms with E-state index in [1.807, 2.05) is 4.98 Å². The van der Waals surface area contributed by atoms with Crippen LogP contribution in [0.15, 0.2) is 21.9 Å². The molecule has 1 aliphatic rings. The maximum absolute atomic E-state index is 13.8. The molecule has 0 aromatic carbocycles. The SMILES string of the molecule is C[C@@]1(CO)CC(F)(F)[C@H](n2ccc(=O)[nH]c2=O)O1. The van der Waals surface area contributed by atoms with Gasteiger partial charge in [-0.15, -0.1) is 0 Å². The topological polar surface area (TPSA) is 84.3 Å². The van der Waals surface area contributed by atoms with Crippen LogP contribution in [0.4, 0.5) is 8.78 Å². The number of rotatable bonds is 2. The van der Waals surface area contributed by atoms with Gasteiger partial charge >= 0.3 is 5.69 Å². The van der Waals surface area contributed by atoms with Crippen LogP contribution in [0.25, 0.3) is 0 Å². The summed E-state index contributed by atoms with van der Waals surface area (Å²) in [5.41, 5.74) is -3.07. The molecule has 1 aromatic heterocycles. The van der Waals surface area contributed by atoms with Gasteiger partial charge < -0.3 is 9.84 Å². The van der Waals surface area contributed by atoms with Crippen molar-refractivity contribution in [3.05, 3.63) is 33.1 Å². The fourth-order valence-corrected chi connectivity index (χ4v) is 1.95. The number of aliphatic hydroxyl groups is 1. The Labute approximate surface area is 99.8 Å². The fourth-order valence-electron chi connectivity index (χ4n) is 1.95. The lowest BCUT2D eigenvalue weighted by molar-refractivity contribution is -0.139. The van der Waals surface area contributed by atoms with Gasteiger partial charge in [0.25, 0.3) is 11.5 Å². The Hall–Kier alpha value is -1.54. The van der Waals surface area contributed by atoms with Gasteiger partial charge in [0.05, 0.1) is 12.2 Å². The van der Waals surface area contributed by atoms with Gasteiger partial charge in [-0.25, -0.2) is 13.6 Å². The highest BCUT2D eigenvalue weighted by molar-refractivity contribution is 4.97. The normalized spacial score (nSPS) is 30.6. The minimum Gasteiger partial charge on any atom is -0.393 e. The summed E-state index contributed by atoms with van der Waals surface area (Å²) in [7, 11) is 0. The molecule has 0 amide bonds. The Morgan fingerprint density at radius 3 is 2.78 bits per heavy atom. The van der Waals surface area contributed by atoms with Crippen molar-refractivity contribution in [2.45, 2.75) is 31.1 Å². The first-order chi connectivity index (χ1) is 8.27. The van der Waals surface area contributed by atoms with Gasteiger partial charge in [-0.1, -0.05) is 0 Å². The maximum atomic E-state index is 13.8. The molecule has 0 spiro atoms. The van der Waals surface area contributed by atoms with Gasteiger partial charge in [-0.05, 0) is 6.92 Å². The molecule has 100 valence electrons. The highest BCUT2D eigenvalue weighted by Crippen LogP contribution is 2.46. The van der Waals surface area contributed by atoms with Crippen molar-refractivity contribution in [1.82, 2.24) is 9.55 Å². The zero-order chi connectivity index (χ0) is 13.6. The number of ether oxygens (including phenoxy) is 1. The summed E-state index contributed by atoms with van der Waals surface area (Å²) in [4.78, 5) is 24.2. The molecule has 2 atom stereocenters. The molecule has 1 aliphatic heterocycles. The number of nitrogens with zero attached hydrogens (tertiary/aromatic N) is 1. The van der Waals surface area contributed by atoms with Crippen LogP contribution >= 0.6 is 0 Å². The van der Waals surface area contributed by atoms with Crippen molar-refractivity contribution in [3.63, 3.8) is 0 Å². The number of alkyl halides is 2. The summed E-state index contributed by atoms with van der Waals surface area (Å²) in [6.45, 7) is 0.745. The van der Waals surface area contributed by atoms with Crippen LogP contribution < -0.4 is 11.2 Å². The Morgan fingerprint density at radius 1 is 1.61 bits per heavy atom. The van der Waals surface area contributed by atoms with E-state index in [9.17, 15) is 18.4 Å². The second kappa shape index (κ2) is 3.99. The molecule has 0 aliphatic carbocycles. The van der Waals surface area contributed by atoms with E-state index in [0.717, 1.165) is 12.3 Å². The molecule has 18 heavy (non-hydrogen) atoms. The van der Waals surface area contributed by atoms with E-state index in [0.29, 0.717) is 4.57 Å². The highest BCUT2D eigenvalue weighted by atomic mass is 19.3. The zero-order valence-corrected chi connectivity index (χ0v) is 9.52. The van der Waals surface area contributed by atoms with Gasteiger partial charge in [-0.2, -0.15) is 0 Å². The van der Waals surface area contributed by atoms with Crippen molar-refractivity contribution in [2.75, 3.05) is 6.61 Å². The maximum Gasteiger partial charge on any atom is 0.330 e. The van der Waals surface area contributed by atoms with Crippen LogP contribution in [0.5, 0.6) is 0 Å². The predicted octanol–water partition coefficient (Wildman–Crippen LogP) is -0.158. The predicted molar refractivity (Wildman–Crippen MR) is 56.5 cm³/mol. The monoisotopic (exact) mass is 262 g/mol. The second-order valence-electron chi connectivity index (χ2n) is 4.53. The number of H-pyrrole nitrogens is 1. The molecule has 1 aromatic rings. The van der Waals surface area contributed by atoms with E-state index in [1.165, 1.54) is 6.92 Å². The summed E-state index contributed by atoms with van der Waals surface area (Å²) in [6, 6.07) is 0.954. The van der Waals surface area contributed by atoms with E-state index in [2.05, 4.69) is 0 Å². The lowest BCUT2D eigenvalue weighted by Crippen LogP contribution is -2.37. The van der Waals surface area contributed by atoms with E-state index in [4.69, 9.17) is 9.84 Å². The van der Waals surface area contributed by atoms with Gasteiger partial charge in [0.1, 0.15) is 0 Å². The Morgan fingerprint density at radius 2 is 2.28 bits per heavy atom. The van der Waals surface area contributed by atoms with E-state index >= 15 is 0 Å². The first-order valence-electron chi connectivity index (χ1n) is 5.25. The average molecular weight is 262 g/mol. The van der Waals surface area contributed by atoms with Gasteiger partial charge in [0.2, 0.25) is 6.23 Å². The van der Waals surface area contributed by atoms with Crippen LogP contribution in [0.3, 0.4) is 0 Å². The summed E-state index contributed by atoms with van der Waals surface area (Å²) in [5, 5.41) is 9.03. The smallest absolute Gasteiger partial charge is 0.330 e. The Kier molecular flexibility index (Phi) is 2.86. The van der Waals surface area contributed by atoms with E-state index in [1.54, 1.807) is 0 Å². The molecule has 2 heterocycles. The van der Waals surface area contributed by atoms with Crippen molar-refractivity contribution in [1.29, 1.82) is 0 Å². The average Bonchev–Trinajstić information content (AvgIpc) is 2.50. The number of aromatic amines is 1. The summed E-state index contributed by atoms with van der Waals surface area (Å²) < 4.78 is 33.2. The van der Waals surface area contributed by atoms with Gasteiger partial charge in [-0.3, -0.25) is 14.3 Å². The number of halogens is 2. The van der Waals surface area contributed by atoms with Crippen LogP contribution in [0, 0.1) is 0 Å². The van der Waals surface area contributed by atoms with Crippen LogP contribution in [-0.4, -0.2) is 32.8 Å². The first kappa shape index (κ1) is 12.9. The van der Waals surface area contributed by atoms with E-state index in [-0.39, 0.29) is 0 Å². The summed E-state index contributed by atoms with van der Waals surface area (Å²) in [5.74, 6) is -3.31. The molecule has 0 unspecified atom stereocenters. The number of hydrogen-bond acceptors (Lipinski definition) is 4. The van der Waals surface area contributed by atoms with Crippen molar-refractivity contribution < 1.29 is 18.6 Å². The van der Waals surface area contributed by atoms with Crippen molar-refractivity contribution >= 4 is 0 Å². The number of aromatic nitrogens is 2. The number of nitrogens with one attached hydrogen (secondary N) is 1. The molecule has 6 nitrogen and oxygen atoms in total. The van der Waals surface area contributed by atoms with Gasteiger partial charge in [0, 0.05) is 18.7 Å². The number of aliphatic hydroxyl groups excluding tert-OH is 1. The lowest BCUT2D eigenvalue weighted by atomic mass is 10.0. The van der Waals surface area contributed by atoms with Crippen molar-refractivity contribution in [2.24, 2.45) is 0 Å². The third-order valence-electron chi connectivity index (χ3n) is 2.81. The van der Waals surface area contributed by atoms with Crippen LogP contribution in [0.1, 0.15) is 19.6 Å². The molecule has 2 rings (SSSR count). The lowest BCUT2D eigenvalue weighted by Gasteiger charge is -2.21. The molecular formula is C10H12F2N2O4. The zero-order valence-electron chi connectivity index (χ0n) is 9.52.